The van der Waals surface area contributed by atoms with E-state index in [4.69, 9.17) is 16.6 Å². The van der Waals surface area contributed by atoms with Crippen molar-refractivity contribution >= 4 is 56.3 Å². The van der Waals surface area contributed by atoms with Gasteiger partial charge < -0.3 is 12.4 Å². The van der Waals surface area contributed by atoms with Gasteiger partial charge in [0.1, 0.15) is 34.9 Å². The fraction of sp³-hybridized carbons (Fsp3) is 0.0385. The van der Waals surface area contributed by atoms with Crippen LogP contribution in [0.5, 0.6) is 0 Å². The first-order chi connectivity index (χ1) is 14.8. The monoisotopic (exact) mass is 479 g/mol. The third kappa shape index (κ3) is 4.14. The Hall–Kier alpha value is -2.22. The molecule has 0 fully saturated rings. The first-order valence-electron chi connectivity index (χ1n) is 9.85. The summed E-state index contributed by atoms with van der Waals surface area (Å²) in [6, 6.07) is 37.0. The van der Waals surface area contributed by atoms with Gasteiger partial charge in [-0.2, -0.15) is 0 Å². The number of fused-ring (bicyclic) bond motifs is 1. The van der Waals surface area contributed by atoms with E-state index in [0.29, 0.717) is 0 Å². The molecule has 2 heterocycles. The summed E-state index contributed by atoms with van der Waals surface area (Å²) in [5.41, 5.74) is 1.99. The molecule has 0 aliphatic rings. The quantitative estimate of drug-likeness (QED) is 0.352. The molecule has 5 rings (SSSR count). The largest absolute Gasteiger partial charge is 1.00 e. The zero-order chi connectivity index (χ0) is 20.4. The van der Waals surface area contributed by atoms with E-state index in [-0.39, 0.29) is 12.4 Å². The molecule has 2 aromatic heterocycles. The highest BCUT2D eigenvalue weighted by atomic mass is 35.5. The van der Waals surface area contributed by atoms with Gasteiger partial charge in [0, 0.05) is 5.38 Å². The van der Waals surface area contributed by atoms with Crippen molar-refractivity contribution in [2.75, 3.05) is 0 Å². The number of nitrogens with zero attached hydrogens (tertiary/aromatic N) is 1. The van der Waals surface area contributed by atoms with Crippen molar-refractivity contribution in [2.24, 2.45) is 0 Å². The van der Waals surface area contributed by atoms with Gasteiger partial charge in [-0.05, 0) is 48.5 Å². The lowest BCUT2D eigenvalue weighted by Gasteiger charge is -2.27. The first-order valence-corrected chi connectivity index (χ1v) is 13.1. The van der Waals surface area contributed by atoms with Crippen molar-refractivity contribution in [3.8, 4) is 0 Å². The molecule has 0 saturated carbocycles. The van der Waals surface area contributed by atoms with Gasteiger partial charge in [-0.1, -0.05) is 66.2 Å². The molecule has 31 heavy (non-hydrogen) atoms. The number of rotatable bonds is 5. The van der Waals surface area contributed by atoms with E-state index in [9.17, 15) is 0 Å². The molecular formula is C26H20Cl2NPS. The number of aromatic nitrogens is 1. The smallest absolute Gasteiger partial charge is 0.118 e. The van der Waals surface area contributed by atoms with Crippen molar-refractivity contribution in [2.45, 2.75) is 6.16 Å². The van der Waals surface area contributed by atoms with Gasteiger partial charge in [-0.25, -0.2) is 4.98 Å². The summed E-state index contributed by atoms with van der Waals surface area (Å²) in [7, 11) is -1.95. The van der Waals surface area contributed by atoms with E-state index in [1.807, 2.05) is 5.38 Å². The Bertz CT molecular complexity index is 1180. The second-order valence-electron chi connectivity index (χ2n) is 7.21. The van der Waals surface area contributed by atoms with Gasteiger partial charge in [-0.3, -0.25) is 0 Å². The van der Waals surface area contributed by atoms with E-state index in [1.165, 1.54) is 15.9 Å². The number of hydrogen-bond acceptors (Lipinski definition) is 2. The first kappa shape index (κ1) is 22.0. The second kappa shape index (κ2) is 9.51. The van der Waals surface area contributed by atoms with Gasteiger partial charge in [-0.15, -0.1) is 11.3 Å². The maximum Gasteiger partial charge on any atom is 0.118 e. The van der Waals surface area contributed by atoms with Crippen LogP contribution in [0.1, 0.15) is 5.69 Å². The molecule has 0 unspecified atom stereocenters. The molecule has 0 atom stereocenters. The third-order valence-corrected chi connectivity index (χ3v) is 11.1. The molecule has 0 amide bonds. The minimum Gasteiger partial charge on any atom is -1.00 e. The molecule has 0 bridgehead atoms. The van der Waals surface area contributed by atoms with E-state index in [2.05, 4.69) is 103 Å². The molecule has 0 aliphatic heterocycles. The van der Waals surface area contributed by atoms with Crippen LogP contribution in [0.25, 0.3) is 10.2 Å². The normalized spacial score (nSPS) is 11.3. The van der Waals surface area contributed by atoms with Crippen molar-refractivity contribution in [3.63, 3.8) is 0 Å². The Morgan fingerprint density at radius 2 is 1.16 bits per heavy atom. The second-order valence-corrected chi connectivity index (χ2v) is 12.0. The summed E-state index contributed by atoms with van der Waals surface area (Å²) in [5.74, 6) is 0. The average Bonchev–Trinajstić information content (AvgIpc) is 3.19. The SMILES string of the molecule is Clc1csc2ccc(C[P+](c3ccccc3)(c3ccccc3)c3ccccc3)nc12.[Cl-]. The highest BCUT2D eigenvalue weighted by Gasteiger charge is 2.45. The van der Waals surface area contributed by atoms with Crippen molar-refractivity contribution in [1.82, 2.24) is 4.98 Å². The van der Waals surface area contributed by atoms with Crippen LogP contribution in [0.3, 0.4) is 0 Å². The molecule has 1 nitrogen and oxygen atoms in total. The van der Waals surface area contributed by atoms with E-state index in [0.717, 1.165) is 27.1 Å². The summed E-state index contributed by atoms with van der Waals surface area (Å²) in [6.07, 6.45) is 0.854. The molecule has 5 aromatic rings. The molecule has 0 aliphatic carbocycles. The highest BCUT2D eigenvalue weighted by Crippen LogP contribution is 2.58. The molecule has 154 valence electrons. The van der Waals surface area contributed by atoms with E-state index in [1.54, 1.807) is 11.3 Å². The summed E-state index contributed by atoms with van der Waals surface area (Å²) >= 11 is 8.07. The van der Waals surface area contributed by atoms with Crippen molar-refractivity contribution in [1.29, 1.82) is 0 Å². The predicted molar refractivity (Wildman–Crippen MR) is 133 cm³/mol. The van der Waals surface area contributed by atoms with Gasteiger partial charge in [0.05, 0.1) is 15.4 Å². The van der Waals surface area contributed by atoms with Gasteiger partial charge in [0.15, 0.2) is 0 Å². The van der Waals surface area contributed by atoms with Crippen LogP contribution in [-0.2, 0) is 6.16 Å². The van der Waals surface area contributed by atoms with Crippen LogP contribution in [-0.4, -0.2) is 4.98 Å². The van der Waals surface area contributed by atoms with Crippen LogP contribution in [0.15, 0.2) is 109 Å². The zero-order valence-corrected chi connectivity index (χ0v) is 19.9. The molecular weight excluding hydrogens is 460 g/mol. The van der Waals surface area contributed by atoms with Crippen molar-refractivity contribution in [3.05, 3.63) is 119 Å². The Labute approximate surface area is 198 Å². The number of thiophene rings is 1. The molecule has 0 saturated heterocycles. The Morgan fingerprint density at radius 1 is 0.677 bits per heavy atom. The van der Waals surface area contributed by atoms with Gasteiger partial charge in [0.2, 0.25) is 0 Å². The van der Waals surface area contributed by atoms with Crippen molar-refractivity contribution < 1.29 is 12.4 Å². The highest BCUT2D eigenvalue weighted by molar-refractivity contribution is 7.95. The molecule has 0 spiro atoms. The van der Waals surface area contributed by atoms with E-state index < -0.39 is 7.26 Å². The van der Waals surface area contributed by atoms with Crippen LogP contribution < -0.4 is 28.3 Å². The Kier molecular flexibility index (Phi) is 6.74. The predicted octanol–water partition coefficient (Wildman–Crippen LogP) is 3.45. The standard InChI is InChI=1S/C26H20ClNPS.ClH/c27-24-19-30-25-17-16-20(28-26(24)25)18-29(21-10-4-1-5-11-21,22-12-6-2-7-13-22)23-14-8-3-9-15-23;/h1-17,19H,18H2;1H/q+1;/p-1. The zero-order valence-electron chi connectivity index (χ0n) is 16.7. The number of hydrogen-bond donors (Lipinski definition) is 0. The fourth-order valence-corrected chi connectivity index (χ4v) is 9.26. The lowest BCUT2D eigenvalue weighted by molar-refractivity contribution is -0.00000568. The lowest BCUT2D eigenvalue weighted by Crippen LogP contribution is -3.00. The summed E-state index contributed by atoms with van der Waals surface area (Å²) < 4.78 is 1.13. The molecule has 5 heteroatoms. The Morgan fingerprint density at radius 3 is 1.65 bits per heavy atom. The third-order valence-electron chi connectivity index (χ3n) is 5.42. The fourth-order valence-electron chi connectivity index (χ4n) is 4.02. The van der Waals surface area contributed by atoms with Gasteiger partial charge >= 0.3 is 0 Å². The minimum absolute atomic E-state index is 0. The van der Waals surface area contributed by atoms with Gasteiger partial charge in [0.25, 0.3) is 0 Å². The maximum absolute atomic E-state index is 6.42. The molecule has 3 aromatic carbocycles. The van der Waals surface area contributed by atoms with E-state index >= 15 is 0 Å². The molecule has 0 N–H and O–H groups in total. The average molecular weight is 480 g/mol. The van der Waals surface area contributed by atoms with Crippen LogP contribution in [0.2, 0.25) is 5.02 Å². The number of pyridine rings is 1. The Balaban J connectivity index is 0.00000231. The summed E-state index contributed by atoms with van der Waals surface area (Å²) in [5, 5.41) is 6.79. The van der Waals surface area contributed by atoms with Crippen LogP contribution >= 0.6 is 30.2 Å². The number of benzene rings is 3. The number of halogens is 2. The molecule has 0 radical (unpaired) electrons. The summed E-state index contributed by atoms with van der Waals surface area (Å²) in [6.45, 7) is 0. The summed E-state index contributed by atoms with van der Waals surface area (Å²) in [4.78, 5) is 5.00. The van der Waals surface area contributed by atoms with Crippen LogP contribution in [0, 0.1) is 0 Å². The minimum atomic E-state index is -1.95. The maximum atomic E-state index is 6.42. The topological polar surface area (TPSA) is 12.9 Å². The lowest BCUT2D eigenvalue weighted by atomic mass is 10.3. The van der Waals surface area contributed by atoms with Crippen LogP contribution in [0.4, 0.5) is 0 Å².